The van der Waals surface area contributed by atoms with Gasteiger partial charge in [-0.05, 0) is 64.4 Å². The Balaban J connectivity index is 2.34. The Morgan fingerprint density at radius 3 is 2.44 bits per heavy atom. The third-order valence-electron chi connectivity index (χ3n) is 2.99. The molecule has 94 valence electrons. The van der Waals surface area contributed by atoms with Crippen LogP contribution in [0.3, 0.4) is 0 Å². The van der Waals surface area contributed by atoms with Gasteiger partial charge in [0.25, 0.3) is 0 Å². The van der Waals surface area contributed by atoms with Gasteiger partial charge in [0.2, 0.25) is 0 Å². The number of aryl methyl sites for hydroxylation is 1. The summed E-state index contributed by atoms with van der Waals surface area (Å²) in [6, 6.07) is 14.3. The average Bonchev–Trinajstić information content (AvgIpc) is 2.37. The molecule has 2 N–H and O–H groups in total. The maximum absolute atomic E-state index is 6.30. The summed E-state index contributed by atoms with van der Waals surface area (Å²) in [5.74, 6) is 0.897. The summed E-state index contributed by atoms with van der Waals surface area (Å²) in [4.78, 5) is 0. The van der Waals surface area contributed by atoms with E-state index in [1.54, 1.807) is 7.11 Å². The van der Waals surface area contributed by atoms with Crippen LogP contribution >= 0.6 is 22.6 Å². The summed E-state index contributed by atoms with van der Waals surface area (Å²) in [7, 11) is 1.68. The summed E-state index contributed by atoms with van der Waals surface area (Å²) in [6.45, 7) is 2.03. The molecule has 1 unspecified atom stereocenters. The van der Waals surface area contributed by atoms with Crippen LogP contribution in [-0.2, 0) is 0 Å². The van der Waals surface area contributed by atoms with Crippen LogP contribution in [0.25, 0.3) is 0 Å². The monoisotopic (exact) mass is 353 g/mol. The van der Waals surface area contributed by atoms with Gasteiger partial charge >= 0.3 is 0 Å². The van der Waals surface area contributed by atoms with Crippen molar-refractivity contribution in [1.29, 1.82) is 0 Å². The Hall–Kier alpha value is -1.07. The van der Waals surface area contributed by atoms with Crippen molar-refractivity contribution in [3.05, 3.63) is 62.7 Å². The molecule has 2 aromatic carbocycles. The predicted molar refractivity (Wildman–Crippen MR) is 82.9 cm³/mol. The molecule has 2 nitrogen and oxygen atoms in total. The van der Waals surface area contributed by atoms with Gasteiger partial charge in [0, 0.05) is 3.57 Å². The van der Waals surface area contributed by atoms with Gasteiger partial charge in [0.15, 0.2) is 0 Å². The van der Waals surface area contributed by atoms with Crippen LogP contribution in [0.1, 0.15) is 22.7 Å². The van der Waals surface area contributed by atoms with Gasteiger partial charge < -0.3 is 10.5 Å². The number of hydrogen-bond donors (Lipinski definition) is 1. The fourth-order valence-corrected chi connectivity index (χ4v) is 2.55. The summed E-state index contributed by atoms with van der Waals surface area (Å²) in [6.07, 6.45) is 0. The molecule has 0 spiro atoms. The van der Waals surface area contributed by atoms with Crippen molar-refractivity contribution in [2.45, 2.75) is 13.0 Å². The van der Waals surface area contributed by atoms with Gasteiger partial charge in [-0.1, -0.05) is 24.3 Å². The second-order valence-corrected chi connectivity index (χ2v) is 5.51. The molecule has 0 saturated carbocycles. The minimum absolute atomic E-state index is 0.0932. The Labute approximate surface area is 121 Å². The zero-order valence-electron chi connectivity index (χ0n) is 10.5. The lowest BCUT2D eigenvalue weighted by Crippen LogP contribution is -2.12. The van der Waals surface area contributed by atoms with Gasteiger partial charge in [-0.3, -0.25) is 0 Å². The molecule has 0 saturated heterocycles. The van der Waals surface area contributed by atoms with E-state index in [0.29, 0.717) is 0 Å². The molecule has 0 fully saturated rings. The van der Waals surface area contributed by atoms with E-state index < -0.39 is 0 Å². The first-order valence-electron chi connectivity index (χ1n) is 5.77. The molecule has 2 rings (SSSR count). The first-order valence-corrected chi connectivity index (χ1v) is 6.85. The molecule has 0 aromatic heterocycles. The molecule has 0 heterocycles. The van der Waals surface area contributed by atoms with E-state index in [2.05, 4.69) is 46.9 Å². The van der Waals surface area contributed by atoms with Crippen LogP contribution in [0.4, 0.5) is 0 Å². The molecule has 18 heavy (non-hydrogen) atoms. The fourth-order valence-electron chi connectivity index (χ4n) is 1.99. The van der Waals surface area contributed by atoms with Crippen LogP contribution in [0.15, 0.2) is 42.5 Å². The number of methoxy groups -OCH3 is 1. The van der Waals surface area contributed by atoms with E-state index in [1.165, 1.54) is 3.57 Å². The van der Waals surface area contributed by atoms with Crippen LogP contribution < -0.4 is 10.5 Å². The number of rotatable bonds is 3. The minimum Gasteiger partial charge on any atom is -0.496 e. The standard InChI is InChI=1S/C15H16INO/c1-10-8-12(6-7-14(10)18-2)15(17)11-4-3-5-13(16)9-11/h3-9,15H,17H2,1-2H3. The molecular weight excluding hydrogens is 337 g/mol. The number of hydrogen-bond acceptors (Lipinski definition) is 2. The van der Waals surface area contributed by atoms with E-state index in [0.717, 1.165) is 22.4 Å². The molecule has 0 aliphatic rings. The van der Waals surface area contributed by atoms with Gasteiger partial charge in [0.1, 0.15) is 5.75 Å². The van der Waals surface area contributed by atoms with Gasteiger partial charge in [-0.25, -0.2) is 0 Å². The molecular formula is C15H16INO. The second-order valence-electron chi connectivity index (χ2n) is 4.26. The first-order chi connectivity index (χ1) is 8.61. The zero-order chi connectivity index (χ0) is 13.1. The van der Waals surface area contributed by atoms with E-state index >= 15 is 0 Å². The van der Waals surface area contributed by atoms with Crippen LogP contribution in [0, 0.1) is 10.5 Å². The number of nitrogens with two attached hydrogens (primary N) is 1. The SMILES string of the molecule is COc1ccc(C(N)c2cccc(I)c2)cc1C. The van der Waals surface area contributed by atoms with Crippen molar-refractivity contribution in [1.82, 2.24) is 0 Å². The van der Waals surface area contributed by atoms with E-state index in [-0.39, 0.29) is 6.04 Å². The largest absolute Gasteiger partial charge is 0.496 e. The molecule has 0 aliphatic heterocycles. The van der Waals surface area contributed by atoms with Crippen molar-refractivity contribution in [2.24, 2.45) is 5.73 Å². The van der Waals surface area contributed by atoms with Crippen molar-refractivity contribution in [3.8, 4) is 5.75 Å². The van der Waals surface area contributed by atoms with Crippen molar-refractivity contribution >= 4 is 22.6 Å². The molecule has 0 amide bonds. The summed E-state index contributed by atoms with van der Waals surface area (Å²) in [5.41, 5.74) is 9.65. The first kappa shape index (κ1) is 13.4. The Bertz CT molecular complexity index is 554. The van der Waals surface area contributed by atoms with Crippen LogP contribution in [0.5, 0.6) is 5.75 Å². The maximum atomic E-state index is 6.30. The lowest BCUT2D eigenvalue weighted by Gasteiger charge is -2.15. The molecule has 0 radical (unpaired) electrons. The molecule has 0 bridgehead atoms. The Kier molecular flexibility index (Phi) is 4.24. The number of halogens is 1. The Morgan fingerprint density at radius 2 is 1.83 bits per heavy atom. The van der Waals surface area contributed by atoms with Gasteiger partial charge in [-0.2, -0.15) is 0 Å². The minimum atomic E-state index is -0.0932. The lowest BCUT2D eigenvalue weighted by molar-refractivity contribution is 0.411. The molecule has 3 heteroatoms. The number of benzene rings is 2. The van der Waals surface area contributed by atoms with Gasteiger partial charge in [0.05, 0.1) is 13.2 Å². The van der Waals surface area contributed by atoms with Gasteiger partial charge in [-0.15, -0.1) is 0 Å². The highest BCUT2D eigenvalue weighted by molar-refractivity contribution is 14.1. The van der Waals surface area contributed by atoms with E-state index in [4.69, 9.17) is 10.5 Å². The second kappa shape index (κ2) is 5.71. The van der Waals surface area contributed by atoms with Crippen LogP contribution in [-0.4, -0.2) is 7.11 Å². The summed E-state index contributed by atoms with van der Waals surface area (Å²) >= 11 is 2.30. The smallest absolute Gasteiger partial charge is 0.121 e. The highest BCUT2D eigenvalue weighted by Gasteiger charge is 2.10. The molecule has 2 aromatic rings. The average molecular weight is 353 g/mol. The fraction of sp³-hybridized carbons (Fsp3) is 0.200. The van der Waals surface area contributed by atoms with Crippen molar-refractivity contribution in [3.63, 3.8) is 0 Å². The predicted octanol–water partition coefficient (Wildman–Crippen LogP) is 3.66. The van der Waals surface area contributed by atoms with Crippen molar-refractivity contribution < 1.29 is 4.74 Å². The topological polar surface area (TPSA) is 35.2 Å². The third kappa shape index (κ3) is 2.84. The molecule has 0 aliphatic carbocycles. The lowest BCUT2D eigenvalue weighted by atomic mass is 9.98. The molecule has 1 atom stereocenters. The van der Waals surface area contributed by atoms with E-state index in [9.17, 15) is 0 Å². The Morgan fingerprint density at radius 1 is 1.11 bits per heavy atom. The highest BCUT2D eigenvalue weighted by Crippen LogP contribution is 2.25. The van der Waals surface area contributed by atoms with Crippen LogP contribution in [0.2, 0.25) is 0 Å². The summed E-state index contributed by atoms with van der Waals surface area (Å²) in [5, 5.41) is 0. The zero-order valence-corrected chi connectivity index (χ0v) is 12.6. The van der Waals surface area contributed by atoms with E-state index in [1.807, 2.05) is 25.1 Å². The summed E-state index contributed by atoms with van der Waals surface area (Å²) < 4.78 is 6.46. The number of ether oxygens (including phenoxy) is 1. The maximum Gasteiger partial charge on any atom is 0.121 e. The van der Waals surface area contributed by atoms with Crippen molar-refractivity contribution in [2.75, 3.05) is 7.11 Å². The quantitative estimate of drug-likeness (QED) is 0.855. The third-order valence-corrected chi connectivity index (χ3v) is 3.66. The normalized spacial score (nSPS) is 12.2. The highest BCUT2D eigenvalue weighted by atomic mass is 127.